The van der Waals surface area contributed by atoms with E-state index in [0.717, 1.165) is 6.04 Å². The maximum Gasteiger partial charge on any atom is 0.255 e. The number of ether oxygens (including phenoxy) is 1. The molecule has 0 unspecified atom stereocenters. The molecule has 0 saturated carbocycles. The van der Waals surface area contributed by atoms with Crippen molar-refractivity contribution in [2.24, 2.45) is 0 Å². The van der Waals surface area contributed by atoms with E-state index in [1.54, 1.807) is 71.4 Å². The number of ketones is 1. The van der Waals surface area contributed by atoms with E-state index >= 15 is 0 Å². The molecule has 0 bridgehead atoms. The lowest BCUT2D eigenvalue weighted by atomic mass is 10.0. The fourth-order valence-corrected chi connectivity index (χ4v) is 4.51. The van der Waals surface area contributed by atoms with E-state index in [2.05, 4.69) is 30.1 Å². The lowest BCUT2D eigenvalue weighted by Gasteiger charge is -2.15. The molecule has 1 N–H and O–H groups in total. The normalized spacial score (nSPS) is 11.4. The largest absolute Gasteiger partial charge is 0.360 e. The molecule has 1 aromatic heterocycles. The van der Waals surface area contributed by atoms with E-state index in [-0.39, 0.29) is 18.4 Å². The van der Waals surface area contributed by atoms with Crippen LogP contribution in [-0.4, -0.2) is 42.4 Å². The highest BCUT2D eigenvalue weighted by molar-refractivity contribution is 6.76. The van der Waals surface area contributed by atoms with Crippen molar-refractivity contribution in [2.75, 3.05) is 11.9 Å². The predicted octanol–water partition coefficient (Wildman–Crippen LogP) is 5.64. The van der Waals surface area contributed by atoms with Gasteiger partial charge in [-0.3, -0.25) is 14.4 Å². The van der Waals surface area contributed by atoms with E-state index < -0.39 is 8.07 Å². The number of carbonyl (C=O) groups is 3. The summed E-state index contributed by atoms with van der Waals surface area (Å²) in [6.07, 6.45) is 0.710. The first-order valence-corrected chi connectivity index (χ1v) is 15.5. The fourth-order valence-electron chi connectivity index (χ4n) is 3.75. The van der Waals surface area contributed by atoms with Gasteiger partial charge in [-0.05, 0) is 42.4 Å². The number of benzene rings is 3. The van der Waals surface area contributed by atoms with Crippen molar-refractivity contribution in [1.29, 1.82) is 0 Å². The van der Waals surface area contributed by atoms with Crippen LogP contribution in [0, 0.1) is 0 Å². The van der Waals surface area contributed by atoms with Crippen LogP contribution >= 0.6 is 0 Å². The van der Waals surface area contributed by atoms with E-state index in [4.69, 9.17) is 4.74 Å². The summed E-state index contributed by atoms with van der Waals surface area (Å²) in [6, 6.07) is 21.9. The number of rotatable bonds is 10. The lowest BCUT2D eigenvalue weighted by molar-refractivity contribution is 0.0812. The van der Waals surface area contributed by atoms with Gasteiger partial charge in [0.05, 0.1) is 5.52 Å². The molecule has 8 heteroatoms. The standard InChI is InChI=1S/C28H29N3O4Si/c1-36(2,3)15-14-35-19-31-26-17-22(12-13-24(26)25(18-32)30-31)27(33)21-10-7-11-23(16-21)29-28(34)20-8-5-4-6-9-20/h4-13,16-18H,14-15,19H2,1-3H3,(H,29,34). The molecule has 1 amide bonds. The second-order valence-electron chi connectivity index (χ2n) is 9.81. The average molecular weight is 500 g/mol. The number of nitrogens with one attached hydrogen (secondary N) is 1. The van der Waals surface area contributed by atoms with Gasteiger partial charge in [-0.2, -0.15) is 5.10 Å². The van der Waals surface area contributed by atoms with Crippen molar-refractivity contribution in [3.8, 4) is 0 Å². The Morgan fingerprint density at radius 3 is 2.39 bits per heavy atom. The number of anilines is 1. The molecule has 0 radical (unpaired) electrons. The predicted molar refractivity (Wildman–Crippen MR) is 143 cm³/mol. The minimum absolute atomic E-state index is 0.201. The minimum Gasteiger partial charge on any atom is -0.360 e. The molecule has 0 aliphatic heterocycles. The van der Waals surface area contributed by atoms with E-state index in [0.29, 0.717) is 51.9 Å². The third-order valence-corrected chi connectivity index (χ3v) is 7.49. The Kier molecular flexibility index (Phi) is 7.57. The molecule has 0 aliphatic carbocycles. The maximum atomic E-state index is 13.3. The molecule has 0 atom stereocenters. The zero-order valence-corrected chi connectivity index (χ0v) is 21.7. The number of carbonyl (C=O) groups excluding carboxylic acids is 3. The quantitative estimate of drug-likeness (QED) is 0.132. The molecule has 36 heavy (non-hydrogen) atoms. The Bertz CT molecular complexity index is 1410. The summed E-state index contributed by atoms with van der Waals surface area (Å²) < 4.78 is 7.45. The maximum absolute atomic E-state index is 13.3. The summed E-state index contributed by atoms with van der Waals surface area (Å²) >= 11 is 0. The Morgan fingerprint density at radius 1 is 0.944 bits per heavy atom. The number of hydrogen-bond donors (Lipinski definition) is 1. The molecule has 4 aromatic rings. The molecular weight excluding hydrogens is 470 g/mol. The molecule has 7 nitrogen and oxygen atoms in total. The van der Waals surface area contributed by atoms with Crippen molar-refractivity contribution in [3.63, 3.8) is 0 Å². The van der Waals surface area contributed by atoms with Gasteiger partial charge in [0.2, 0.25) is 0 Å². The van der Waals surface area contributed by atoms with E-state index in [1.807, 2.05) is 6.07 Å². The van der Waals surface area contributed by atoms with Crippen LogP contribution in [0.3, 0.4) is 0 Å². The van der Waals surface area contributed by atoms with Gasteiger partial charge in [0.1, 0.15) is 12.4 Å². The number of aldehydes is 1. The molecule has 0 saturated heterocycles. The van der Waals surface area contributed by atoms with Crippen LogP contribution in [-0.2, 0) is 11.5 Å². The van der Waals surface area contributed by atoms with E-state index in [9.17, 15) is 14.4 Å². The summed E-state index contributed by atoms with van der Waals surface area (Å²) in [5.74, 6) is -0.450. The smallest absolute Gasteiger partial charge is 0.255 e. The SMILES string of the molecule is C[Si](C)(C)CCOCn1nc(C=O)c2ccc(C(=O)c3cccc(NC(=O)c4ccccc4)c3)cc21. The molecule has 184 valence electrons. The summed E-state index contributed by atoms with van der Waals surface area (Å²) in [5, 5.41) is 7.87. The third-order valence-electron chi connectivity index (χ3n) is 5.78. The first-order chi connectivity index (χ1) is 17.2. The van der Waals surface area contributed by atoms with Crippen LogP contribution in [0.25, 0.3) is 10.9 Å². The third kappa shape index (κ3) is 6.02. The zero-order valence-electron chi connectivity index (χ0n) is 20.7. The van der Waals surface area contributed by atoms with Crippen LogP contribution < -0.4 is 5.32 Å². The van der Waals surface area contributed by atoms with Gasteiger partial charge in [-0.1, -0.05) is 56.0 Å². The number of aromatic nitrogens is 2. The van der Waals surface area contributed by atoms with Crippen LogP contribution in [0.15, 0.2) is 72.8 Å². The monoisotopic (exact) mass is 499 g/mol. The van der Waals surface area contributed by atoms with Crippen LogP contribution in [0.1, 0.15) is 36.8 Å². The molecule has 0 spiro atoms. The molecular formula is C28H29N3O4Si. The Hall–Kier alpha value is -3.88. The van der Waals surface area contributed by atoms with Crippen molar-refractivity contribution in [1.82, 2.24) is 9.78 Å². The Morgan fingerprint density at radius 2 is 1.67 bits per heavy atom. The topological polar surface area (TPSA) is 90.3 Å². The fraction of sp³-hybridized carbons (Fsp3) is 0.214. The zero-order chi connectivity index (χ0) is 25.7. The molecule has 0 fully saturated rings. The first kappa shape index (κ1) is 25.2. The van der Waals surface area contributed by atoms with E-state index in [1.165, 1.54) is 0 Å². The summed E-state index contributed by atoms with van der Waals surface area (Å²) in [5.41, 5.74) is 2.92. The number of amides is 1. The van der Waals surface area contributed by atoms with Crippen molar-refractivity contribution in [2.45, 2.75) is 32.4 Å². The number of hydrogen-bond acceptors (Lipinski definition) is 5. The first-order valence-electron chi connectivity index (χ1n) is 11.8. The van der Waals surface area contributed by atoms with Gasteiger partial charge in [0.25, 0.3) is 5.91 Å². The lowest BCUT2D eigenvalue weighted by Crippen LogP contribution is -2.22. The highest BCUT2D eigenvalue weighted by Crippen LogP contribution is 2.23. The van der Waals surface area contributed by atoms with Crippen LogP contribution in [0.2, 0.25) is 25.7 Å². The Labute approximate surface area is 211 Å². The van der Waals surface area contributed by atoms with Gasteiger partial charge < -0.3 is 10.1 Å². The van der Waals surface area contributed by atoms with Crippen LogP contribution in [0.4, 0.5) is 5.69 Å². The molecule has 0 aliphatic rings. The highest BCUT2D eigenvalue weighted by atomic mass is 28.3. The molecule has 4 rings (SSSR count). The van der Waals surface area contributed by atoms with Gasteiger partial charge in [0, 0.05) is 42.4 Å². The Balaban J connectivity index is 1.55. The van der Waals surface area contributed by atoms with Crippen LogP contribution in [0.5, 0.6) is 0 Å². The van der Waals surface area contributed by atoms with Gasteiger partial charge in [0.15, 0.2) is 12.1 Å². The van der Waals surface area contributed by atoms with Gasteiger partial charge in [-0.15, -0.1) is 0 Å². The number of nitrogens with zero attached hydrogens (tertiary/aromatic N) is 2. The molecule has 1 heterocycles. The highest BCUT2D eigenvalue weighted by Gasteiger charge is 2.17. The van der Waals surface area contributed by atoms with Crippen molar-refractivity contribution >= 4 is 42.6 Å². The summed E-state index contributed by atoms with van der Waals surface area (Å²) in [6.45, 7) is 7.67. The second kappa shape index (κ2) is 10.8. The summed E-state index contributed by atoms with van der Waals surface area (Å²) in [4.78, 5) is 37.4. The van der Waals surface area contributed by atoms with Crippen molar-refractivity contribution < 1.29 is 19.1 Å². The second-order valence-corrected chi connectivity index (χ2v) is 15.4. The number of fused-ring (bicyclic) bond motifs is 1. The minimum atomic E-state index is -1.23. The van der Waals surface area contributed by atoms with Gasteiger partial charge >= 0.3 is 0 Å². The molecule has 3 aromatic carbocycles. The van der Waals surface area contributed by atoms with Gasteiger partial charge in [-0.25, -0.2) is 4.68 Å². The average Bonchev–Trinajstić information content (AvgIpc) is 3.23. The summed E-state index contributed by atoms with van der Waals surface area (Å²) in [7, 11) is -1.23. The van der Waals surface area contributed by atoms with Crippen molar-refractivity contribution in [3.05, 3.63) is 95.2 Å².